The Labute approximate surface area is 190 Å². The summed E-state index contributed by atoms with van der Waals surface area (Å²) >= 11 is 0. The quantitative estimate of drug-likeness (QED) is 0.438. The molecule has 0 spiro atoms. The van der Waals surface area contributed by atoms with Crippen LogP contribution in [0.5, 0.6) is 11.6 Å². The molecule has 1 aromatic carbocycles. The summed E-state index contributed by atoms with van der Waals surface area (Å²) in [4.78, 5) is 29.9. The molecule has 2 N–H and O–H groups in total. The number of fused-ring (bicyclic) bond motifs is 1. The average Bonchev–Trinajstić information content (AvgIpc) is 3.30. The van der Waals surface area contributed by atoms with Crippen LogP contribution >= 0.6 is 0 Å². The Morgan fingerprint density at radius 1 is 1.12 bits per heavy atom. The van der Waals surface area contributed by atoms with Crippen molar-refractivity contribution in [2.24, 2.45) is 0 Å². The van der Waals surface area contributed by atoms with Crippen LogP contribution in [0.1, 0.15) is 0 Å². The number of pyridine rings is 1. The molecule has 0 saturated carbocycles. The van der Waals surface area contributed by atoms with E-state index in [-0.39, 0.29) is 5.91 Å². The van der Waals surface area contributed by atoms with Gasteiger partial charge in [-0.2, -0.15) is 0 Å². The topological polar surface area (TPSA) is 105 Å². The standard InChI is InChI=1S/C24H22N6O3/c1-2-22(31)29-21-13-18(7-8-25-21)33-24-19-14-20(28-23(19)26-15-27-24)16-3-5-17(6-4-16)30-9-11-32-12-10-30/h2-8,13-15H,1,9-12H2,(H,25,29,31)(H,26,27,28). The van der Waals surface area contributed by atoms with Crippen LogP contribution in [0, 0.1) is 0 Å². The fraction of sp³-hybridized carbons (Fsp3) is 0.167. The van der Waals surface area contributed by atoms with E-state index in [9.17, 15) is 4.79 Å². The number of carbonyl (C=O) groups excluding carboxylic acids is 1. The van der Waals surface area contributed by atoms with Gasteiger partial charge in [0.25, 0.3) is 0 Å². The van der Waals surface area contributed by atoms with Gasteiger partial charge in [0.05, 0.1) is 18.6 Å². The summed E-state index contributed by atoms with van der Waals surface area (Å²) in [6.07, 6.45) is 4.17. The summed E-state index contributed by atoms with van der Waals surface area (Å²) < 4.78 is 11.4. The number of H-pyrrole nitrogens is 1. The Morgan fingerprint density at radius 2 is 1.94 bits per heavy atom. The predicted octanol–water partition coefficient (Wildman–Crippen LogP) is 3.77. The lowest BCUT2D eigenvalue weighted by Gasteiger charge is -2.28. The predicted molar refractivity (Wildman–Crippen MR) is 125 cm³/mol. The third-order valence-electron chi connectivity index (χ3n) is 5.33. The number of aromatic amines is 1. The number of carbonyl (C=O) groups is 1. The van der Waals surface area contributed by atoms with E-state index in [4.69, 9.17) is 9.47 Å². The Hall–Kier alpha value is -4.24. The molecular weight excluding hydrogens is 420 g/mol. The van der Waals surface area contributed by atoms with E-state index in [1.54, 1.807) is 18.3 Å². The summed E-state index contributed by atoms with van der Waals surface area (Å²) in [5, 5.41) is 3.36. The molecule has 0 unspecified atom stereocenters. The molecule has 1 saturated heterocycles. The maximum absolute atomic E-state index is 11.5. The average molecular weight is 442 g/mol. The molecule has 33 heavy (non-hydrogen) atoms. The highest BCUT2D eigenvalue weighted by Gasteiger charge is 2.14. The summed E-state index contributed by atoms with van der Waals surface area (Å²) in [5.41, 5.74) is 3.80. The Kier molecular flexibility index (Phi) is 5.69. The van der Waals surface area contributed by atoms with Gasteiger partial charge < -0.3 is 24.7 Å². The third kappa shape index (κ3) is 4.53. The molecule has 1 amide bonds. The first-order chi connectivity index (χ1) is 16.2. The van der Waals surface area contributed by atoms with E-state index < -0.39 is 0 Å². The van der Waals surface area contributed by atoms with Gasteiger partial charge in [0.15, 0.2) is 0 Å². The van der Waals surface area contributed by atoms with Crippen molar-refractivity contribution in [2.45, 2.75) is 0 Å². The second kappa shape index (κ2) is 9.09. The second-order valence-electron chi connectivity index (χ2n) is 7.44. The fourth-order valence-corrected chi connectivity index (χ4v) is 3.66. The molecule has 1 aliphatic rings. The van der Waals surface area contributed by atoms with Crippen molar-refractivity contribution in [3.05, 3.63) is 67.6 Å². The molecule has 4 aromatic rings. The minimum atomic E-state index is -0.348. The maximum Gasteiger partial charge on any atom is 0.248 e. The molecule has 9 heteroatoms. The van der Waals surface area contributed by atoms with Gasteiger partial charge in [0.2, 0.25) is 11.8 Å². The van der Waals surface area contributed by atoms with Crippen molar-refractivity contribution in [1.29, 1.82) is 0 Å². The zero-order valence-electron chi connectivity index (χ0n) is 17.8. The van der Waals surface area contributed by atoms with Gasteiger partial charge in [-0.05, 0) is 35.9 Å². The van der Waals surface area contributed by atoms with E-state index in [1.807, 2.05) is 6.07 Å². The monoisotopic (exact) mass is 442 g/mol. The minimum Gasteiger partial charge on any atom is -0.438 e. The summed E-state index contributed by atoms with van der Waals surface area (Å²) in [6, 6.07) is 13.7. The first-order valence-electron chi connectivity index (χ1n) is 10.5. The maximum atomic E-state index is 11.5. The van der Waals surface area contributed by atoms with Crippen molar-refractivity contribution in [1.82, 2.24) is 19.9 Å². The highest BCUT2D eigenvalue weighted by molar-refractivity contribution is 5.98. The Morgan fingerprint density at radius 3 is 2.73 bits per heavy atom. The van der Waals surface area contributed by atoms with Crippen LogP contribution in [-0.2, 0) is 9.53 Å². The van der Waals surface area contributed by atoms with Crippen molar-refractivity contribution in [2.75, 3.05) is 36.5 Å². The highest BCUT2D eigenvalue weighted by Crippen LogP contribution is 2.32. The lowest BCUT2D eigenvalue weighted by Crippen LogP contribution is -2.36. The molecule has 0 bridgehead atoms. The van der Waals surface area contributed by atoms with E-state index in [2.05, 4.69) is 61.0 Å². The lowest BCUT2D eigenvalue weighted by atomic mass is 10.1. The number of anilines is 2. The molecule has 0 aliphatic carbocycles. The number of morpholine rings is 1. The van der Waals surface area contributed by atoms with Crippen LogP contribution in [0.25, 0.3) is 22.3 Å². The summed E-state index contributed by atoms with van der Waals surface area (Å²) in [6.45, 7) is 6.75. The zero-order valence-corrected chi connectivity index (χ0v) is 17.8. The number of nitrogens with one attached hydrogen (secondary N) is 2. The van der Waals surface area contributed by atoms with Gasteiger partial charge in [0.1, 0.15) is 23.5 Å². The number of ether oxygens (including phenoxy) is 2. The summed E-state index contributed by atoms with van der Waals surface area (Å²) in [7, 11) is 0. The van der Waals surface area contributed by atoms with Crippen LogP contribution in [0.2, 0.25) is 0 Å². The fourth-order valence-electron chi connectivity index (χ4n) is 3.66. The molecule has 0 atom stereocenters. The van der Waals surface area contributed by atoms with Crippen molar-refractivity contribution >= 4 is 28.4 Å². The van der Waals surface area contributed by atoms with Crippen LogP contribution in [0.3, 0.4) is 0 Å². The second-order valence-corrected chi connectivity index (χ2v) is 7.44. The SMILES string of the molecule is C=CC(=O)Nc1cc(Oc2ncnc3[nH]c(-c4ccc(N5CCOCC5)cc4)cc23)ccn1. The van der Waals surface area contributed by atoms with Crippen molar-refractivity contribution < 1.29 is 14.3 Å². The smallest absolute Gasteiger partial charge is 0.248 e. The third-order valence-corrected chi connectivity index (χ3v) is 5.33. The number of amides is 1. The number of hydrogen-bond acceptors (Lipinski definition) is 7. The highest BCUT2D eigenvalue weighted by atomic mass is 16.5. The first kappa shape index (κ1) is 20.7. The van der Waals surface area contributed by atoms with Gasteiger partial charge in [-0.1, -0.05) is 18.7 Å². The Bertz CT molecular complexity index is 1300. The van der Waals surface area contributed by atoms with Crippen LogP contribution < -0.4 is 15.0 Å². The molecule has 3 aromatic heterocycles. The molecule has 5 rings (SSSR count). The van der Waals surface area contributed by atoms with Gasteiger partial charge in [-0.3, -0.25) is 4.79 Å². The largest absolute Gasteiger partial charge is 0.438 e. The van der Waals surface area contributed by atoms with Crippen molar-refractivity contribution in [3.8, 4) is 22.9 Å². The number of benzene rings is 1. The number of aromatic nitrogens is 4. The first-order valence-corrected chi connectivity index (χ1v) is 10.5. The van der Waals surface area contributed by atoms with Gasteiger partial charge >= 0.3 is 0 Å². The van der Waals surface area contributed by atoms with Crippen LogP contribution in [0.15, 0.2) is 67.6 Å². The molecule has 9 nitrogen and oxygen atoms in total. The zero-order chi connectivity index (χ0) is 22.6. The number of hydrogen-bond donors (Lipinski definition) is 2. The lowest BCUT2D eigenvalue weighted by molar-refractivity contribution is -0.111. The van der Waals surface area contributed by atoms with Gasteiger partial charge in [-0.15, -0.1) is 0 Å². The number of nitrogens with zero attached hydrogens (tertiary/aromatic N) is 4. The van der Waals surface area contributed by atoms with E-state index >= 15 is 0 Å². The van der Waals surface area contributed by atoms with E-state index in [0.717, 1.165) is 42.9 Å². The van der Waals surface area contributed by atoms with Gasteiger partial charge in [-0.25, -0.2) is 15.0 Å². The molecular formula is C24H22N6O3. The minimum absolute atomic E-state index is 0.348. The van der Waals surface area contributed by atoms with Crippen LogP contribution in [0.4, 0.5) is 11.5 Å². The summed E-state index contributed by atoms with van der Waals surface area (Å²) in [5.74, 6) is 0.901. The van der Waals surface area contributed by atoms with E-state index in [1.165, 1.54) is 18.1 Å². The van der Waals surface area contributed by atoms with Gasteiger partial charge in [0, 0.05) is 36.7 Å². The molecule has 166 valence electrons. The molecule has 4 heterocycles. The molecule has 1 aliphatic heterocycles. The van der Waals surface area contributed by atoms with Crippen LogP contribution in [-0.4, -0.2) is 52.1 Å². The number of rotatable bonds is 6. The normalized spacial score (nSPS) is 13.6. The van der Waals surface area contributed by atoms with Crippen molar-refractivity contribution in [3.63, 3.8) is 0 Å². The molecule has 0 radical (unpaired) electrons. The molecule has 1 fully saturated rings. The Balaban J connectivity index is 1.39. The van der Waals surface area contributed by atoms with E-state index in [0.29, 0.717) is 23.1 Å².